The van der Waals surface area contributed by atoms with Gasteiger partial charge in [0.2, 0.25) is 0 Å². The van der Waals surface area contributed by atoms with E-state index in [0.29, 0.717) is 21.3 Å². The fourth-order valence-corrected chi connectivity index (χ4v) is 2.26. The summed E-state index contributed by atoms with van der Waals surface area (Å²) in [5.74, 6) is -0.175. The highest BCUT2D eigenvalue weighted by Gasteiger charge is 2.13. The van der Waals surface area contributed by atoms with E-state index in [4.69, 9.17) is 9.47 Å². The third-order valence-corrected chi connectivity index (χ3v) is 3.44. The van der Waals surface area contributed by atoms with Crippen molar-refractivity contribution in [3.63, 3.8) is 0 Å². The van der Waals surface area contributed by atoms with Gasteiger partial charge in [-0.1, -0.05) is 30.3 Å². The number of rotatable bonds is 5. The topological polar surface area (TPSA) is 52.6 Å². The van der Waals surface area contributed by atoms with Gasteiger partial charge in [0.1, 0.15) is 5.75 Å². The summed E-state index contributed by atoms with van der Waals surface area (Å²) in [5.41, 5.74) is 0.866. The predicted molar refractivity (Wildman–Crippen MR) is 81.7 cm³/mol. The van der Waals surface area contributed by atoms with E-state index >= 15 is 0 Å². The Morgan fingerprint density at radius 2 is 1.76 bits per heavy atom. The second kappa shape index (κ2) is 7.04. The van der Waals surface area contributed by atoms with Gasteiger partial charge in [0.05, 0.1) is 17.1 Å². The number of benzene rings is 2. The number of esters is 1. The highest BCUT2D eigenvalue weighted by Crippen LogP contribution is 2.25. The molecule has 0 bridgehead atoms. The molecule has 2 rings (SSSR count). The minimum absolute atomic E-state index is 0.239. The average molecular weight is 349 g/mol. The van der Waals surface area contributed by atoms with E-state index in [-0.39, 0.29) is 12.4 Å². The van der Waals surface area contributed by atoms with Crippen molar-refractivity contribution in [2.75, 3.05) is 13.7 Å². The molecule has 0 saturated heterocycles. The average Bonchev–Trinajstić information content (AvgIpc) is 2.53. The first-order valence-corrected chi connectivity index (χ1v) is 7.00. The fourth-order valence-electron chi connectivity index (χ4n) is 1.72. The molecule has 0 amide bonds. The Labute approximate surface area is 130 Å². The Kier molecular flexibility index (Phi) is 5.11. The van der Waals surface area contributed by atoms with Gasteiger partial charge in [-0.15, -0.1) is 0 Å². The molecule has 0 fully saturated rings. The van der Waals surface area contributed by atoms with Crippen molar-refractivity contribution >= 4 is 27.7 Å². The van der Waals surface area contributed by atoms with Gasteiger partial charge in [-0.05, 0) is 34.1 Å². The van der Waals surface area contributed by atoms with Gasteiger partial charge in [0, 0.05) is 5.56 Å². The van der Waals surface area contributed by atoms with Gasteiger partial charge >= 0.3 is 5.97 Å². The lowest BCUT2D eigenvalue weighted by molar-refractivity contribution is 0.0474. The Balaban J connectivity index is 1.99. The molecule has 0 aliphatic carbocycles. The van der Waals surface area contributed by atoms with Crippen molar-refractivity contribution in [2.45, 2.75) is 0 Å². The zero-order valence-electron chi connectivity index (χ0n) is 11.3. The Bertz CT molecular complexity index is 653. The molecule has 5 heteroatoms. The molecule has 0 unspecified atom stereocenters. The summed E-state index contributed by atoms with van der Waals surface area (Å²) in [6.45, 7) is -0.285. The van der Waals surface area contributed by atoms with Crippen molar-refractivity contribution in [2.24, 2.45) is 0 Å². The van der Waals surface area contributed by atoms with Crippen LogP contribution < -0.4 is 4.74 Å². The standard InChI is InChI=1S/C16H13BrO4/c1-20-15-8-7-12(9-13(15)17)16(19)21-10-14(18)11-5-3-2-4-6-11/h2-9H,10H2,1H3. The van der Waals surface area contributed by atoms with Crippen LogP contribution in [0.1, 0.15) is 20.7 Å². The van der Waals surface area contributed by atoms with E-state index in [2.05, 4.69) is 15.9 Å². The molecular formula is C16H13BrO4. The predicted octanol–water partition coefficient (Wildman–Crippen LogP) is 3.50. The molecule has 0 aromatic heterocycles. The summed E-state index contributed by atoms with van der Waals surface area (Å²) in [6.07, 6.45) is 0. The minimum atomic E-state index is -0.553. The van der Waals surface area contributed by atoms with Crippen LogP contribution in [-0.4, -0.2) is 25.5 Å². The highest BCUT2D eigenvalue weighted by atomic mass is 79.9. The summed E-state index contributed by atoms with van der Waals surface area (Å²) in [5, 5.41) is 0. The summed E-state index contributed by atoms with van der Waals surface area (Å²) >= 11 is 3.29. The summed E-state index contributed by atoms with van der Waals surface area (Å²) in [4.78, 5) is 23.7. The molecule has 0 spiro atoms. The normalized spacial score (nSPS) is 10.0. The van der Waals surface area contributed by atoms with Crippen molar-refractivity contribution in [3.05, 3.63) is 64.1 Å². The molecule has 0 aliphatic heterocycles. The van der Waals surface area contributed by atoms with Gasteiger partial charge < -0.3 is 9.47 Å². The number of hydrogen-bond acceptors (Lipinski definition) is 4. The molecule has 2 aromatic rings. The molecule has 0 aliphatic rings. The lowest BCUT2D eigenvalue weighted by atomic mass is 10.1. The van der Waals surface area contributed by atoms with E-state index in [1.54, 1.807) is 42.5 Å². The molecule has 21 heavy (non-hydrogen) atoms. The molecule has 0 atom stereocenters. The van der Waals surface area contributed by atoms with Gasteiger partial charge in [-0.25, -0.2) is 4.79 Å². The van der Waals surface area contributed by atoms with Crippen molar-refractivity contribution in [3.8, 4) is 5.75 Å². The molecule has 4 nitrogen and oxygen atoms in total. The molecule has 0 N–H and O–H groups in total. The van der Waals surface area contributed by atoms with Crippen molar-refractivity contribution in [1.29, 1.82) is 0 Å². The third kappa shape index (κ3) is 3.92. The quantitative estimate of drug-likeness (QED) is 0.613. The van der Waals surface area contributed by atoms with Crippen LogP contribution in [0.15, 0.2) is 53.0 Å². The summed E-state index contributed by atoms with van der Waals surface area (Å²) in [6, 6.07) is 13.5. The monoisotopic (exact) mass is 348 g/mol. The number of ketones is 1. The Morgan fingerprint density at radius 1 is 1.05 bits per heavy atom. The van der Waals surface area contributed by atoms with Crippen LogP contribution in [0.25, 0.3) is 0 Å². The van der Waals surface area contributed by atoms with E-state index in [1.165, 1.54) is 7.11 Å². The van der Waals surface area contributed by atoms with Crippen LogP contribution in [0.5, 0.6) is 5.75 Å². The van der Waals surface area contributed by atoms with E-state index in [1.807, 2.05) is 6.07 Å². The smallest absolute Gasteiger partial charge is 0.338 e. The Morgan fingerprint density at radius 3 is 2.38 bits per heavy atom. The van der Waals surface area contributed by atoms with Gasteiger partial charge in [-0.2, -0.15) is 0 Å². The zero-order chi connectivity index (χ0) is 15.2. The zero-order valence-corrected chi connectivity index (χ0v) is 12.9. The number of halogens is 1. The third-order valence-electron chi connectivity index (χ3n) is 2.82. The number of methoxy groups -OCH3 is 1. The van der Waals surface area contributed by atoms with Gasteiger partial charge in [0.15, 0.2) is 12.4 Å². The van der Waals surface area contributed by atoms with Gasteiger partial charge in [0.25, 0.3) is 0 Å². The van der Waals surface area contributed by atoms with Crippen molar-refractivity contribution < 1.29 is 19.1 Å². The first kappa shape index (κ1) is 15.3. The van der Waals surface area contributed by atoms with Crippen LogP contribution >= 0.6 is 15.9 Å². The Hall–Kier alpha value is -2.14. The maximum absolute atomic E-state index is 11.9. The first-order chi connectivity index (χ1) is 10.1. The maximum atomic E-state index is 11.9. The lowest BCUT2D eigenvalue weighted by Gasteiger charge is -2.07. The molecule has 2 aromatic carbocycles. The van der Waals surface area contributed by atoms with Crippen LogP contribution in [0.3, 0.4) is 0 Å². The molecule has 0 heterocycles. The number of hydrogen-bond donors (Lipinski definition) is 0. The van der Waals surface area contributed by atoms with E-state index in [0.717, 1.165) is 0 Å². The SMILES string of the molecule is COc1ccc(C(=O)OCC(=O)c2ccccc2)cc1Br. The van der Waals surface area contributed by atoms with Gasteiger partial charge in [-0.3, -0.25) is 4.79 Å². The lowest BCUT2D eigenvalue weighted by Crippen LogP contribution is -2.14. The fraction of sp³-hybridized carbons (Fsp3) is 0.125. The summed E-state index contributed by atoms with van der Waals surface area (Å²) < 4.78 is 10.8. The highest BCUT2D eigenvalue weighted by molar-refractivity contribution is 9.10. The van der Waals surface area contributed by atoms with Crippen LogP contribution in [0.4, 0.5) is 0 Å². The number of Topliss-reactive ketones (excluding diaryl/α,β-unsaturated/α-hetero) is 1. The second-order valence-corrected chi connectivity index (χ2v) is 5.07. The first-order valence-electron chi connectivity index (χ1n) is 6.20. The minimum Gasteiger partial charge on any atom is -0.496 e. The number of carbonyl (C=O) groups is 2. The maximum Gasteiger partial charge on any atom is 0.338 e. The summed E-state index contributed by atoms with van der Waals surface area (Å²) in [7, 11) is 1.54. The molecular weight excluding hydrogens is 336 g/mol. The van der Waals surface area contributed by atoms with Crippen LogP contribution in [0, 0.1) is 0 Å². The van der Waals surface area contributed by atoms with Crippen LogP contribution in [0.2, 0.25) is 0 Å². The largest absolute Gasteiger partial charge is 0.496 e. The molecule has 0 saturated carbocycles. The van der Waals surface area contributed by atoms with Crippen LogP contribution in [-0.2, 0) is 4.74 Å². The number of ether oxygens (including phenoxy) is 2. The van der Waals surface area contributed by atoms with Crippen molar-refractivity contribution in [1.82, 2.24) is 0 Å². The molecule has 108 valence electrons. The van der Waals surface area contributed by atoms with E-state index < -0.39 is 5.97 Å². The molecule has 0 radical (unpaired) electrons. The second-order valence-electron chi connectivity index (χ2n) is 4.21. The van der Waals surface area contributed by atoms with E-state index in [9.17, 15) is 9.59 Å². The number of carbonyl (C=O) groups excluding carboxylic acids is 2.